The lowest BCUT2D eigenvalue weighted by molar-refractivity contribution is -0.111. The van der Waals surface area contributed by atoms with Gasteiger partial charge in [0.15, 0.2) is 5.78 Å². The Bertz CT molecular complexity index is 513. The number of aryl methyl sites for hydroxylation is 1. The van der Waals surface area contributed by atoms with Crippen LogP contribution in [0.4, 0.5) is 0 Å². The summed E-state index contributed by atoms with van der Waals surface area (Å²) in [6.45, 7) is 8.79. The second-order valence-electron chi connectivity index (χ2n) is 4.06. The number of hydrogen-bond donors (Lipinski definition) is 0. The van der Waals surface area contributed by atoms with Crippen molar-refractivity contribution in [3.8, 4) is 0 Å². The van der Waals surface area contributed by atoms with E-state index in [1.54, 1.807) is 31.5 Å². The third-order valence-electron chi connectivity index (χ3n) is 2.65. The molecular weight excluding hydrogens is 232 g/mol. The van der Waals surface area contributed by atoms with Crippen LogP contribution in [0.5, 0.6) is 0 Å². The summed E-state index contributed by atoms with van der Waals surface area (Å²) in [5, 5.41) is 4.20. The quantitative estimate of drug-likeness (QED) is 0.607. The molecule has 5 heteroatoms. The molecule has 0 aliphatic rings. The molecule has 1 heterocycles. The standard InChI is InChI=1S/C13H18N2O3/c1-6-18-13(17)12-7-8(2)15(10(12)4)14-9(3)11(5)16/h7H,6H2,1-5H3/b14-9+. The van der Waals surface area contributed by atoms with Gasteiger partial charge < -0.3 is 4.74 Å². The van der Waals surface area contributed by atoms with Crippen LogP contribution in [0.25, 0.3) is 0 Å². The molecule has 0 saturated carbocycles. The molecule has 0 radical (unpaired) electrons. The van der Waals surface area contributed by atoms with Gasteiger partial charge in [-0.1, -0.05) is 0 Å². The summed E-state index contributed by atoms with van der Waals surface area (Å²) in [6, 6.07) is 1.71. The molecule has 0 fully saturated rings. The first-order chi connectivity index (χ1) is 8.38. The highest BCUT2D eigenvalue weighted by Gasteiger charge is 2.16. The van der Waals surface area contributed by atoms with Gasteiger partial charge in [0.25, 0.3) is 0 Å². The summed E-state index contributed by atoms with van der Waals surface area (Å²) < 4.78 is 6.55. The van der Waals surface area contributed by atoms with Gasteiger partial charge in [0, 0.05) is 12.6 Å². The number of ketones is 1. The number of nitrogens with zero attached hydrogens (tertiary/aromatic N) is 2. The molecule has 0 aliphatic heterocycles. The van der Waals surface area contributed by atoms with Gasteiger partial charge in [0.2, 0.25) is 0 Å². The van der Waals surface area contributed by atoms with Gasteiger partial charge in [-0.3, -0.25) is 4.79 Å². The molecule has 5 nitrogen and oxygen atoms in total. The van der Waals surface area contributed by atoms with Gasteiger partial charge in [0.1, 0.15) is 5.71 Å². The highest BCUT2D eigenvalue weighted by atomic mass is 16.5. The van der Waals surface area contributed by atoms with Crippen LogP contribution in [-0.2, 0) is 9.53 Å². The maximum absolute atomic E-state index is 11.7. The molecule has 18 heavy (non-hydrogen) atoms. The second-order valence-corrected chi connectivity index (χ2v) is 4.06. The molecule has 1 aromatic rings. The molecule has 0 saturated heterocycles. The van der Waals surface area contributed by atoms with Crippen LogP contribution in [0.1, 0.15) is 42.5 Å². The van der Waals surface area contributed by atoms with Gasteiger partial charge in [-0.25, -0.2) is 9.47 Å². The lowest BCUT2D eigenvalue weighted by Gasteiger charge is -2.04. The monoisotopic (exact) mass is 250 g/mol. The predicted molar refractivity (Wildman–Crippen MR) is 69.1 cm³/mol. The van der Waals surface area contributed by atoms with E-state index in [2.05, 4.69) is 5.10 Å². The van der Waals surface area contributed by atoms with Crippen LogP contribution >= 0.6 is 0 Å². The molecular formula is C13H18N2O3. The Morgan fingerprint density at radius 2 is 1.94 bits per heavy atom. The molecule has 98 valence electrons. The fourth-order valence-electron chi connectivity index (χ4n) is 1.54. The van der Waals surface area contributed by atoms with Crippen LogP contribution in [0.2, 0.25) is 0 Å². The van der Waals surface area contributed by atoms with Crippen molar-refractivity contribution in [2.45, 2.75) is 34.6 Å². The van der Waals surface area contributed by atoms with Gasteiger partial charge in [-0.05, 0) is 33.8 Å². The largest absolute Gasteiger partial charge is 0.462 e. The topological polar surface area (TPSA) is 60.7 Å². The third-order valence-corrected chi connectivity index (χ3v) is 2.65. The highest BCUT2D eigenvalue weighted by Crippen LogP contribution is 2.16. The average molecular weight is 250 g/mol. The summed E-state index contributed by atoms with van der Waals surface area (Å²) in [5.41, 5.74) is 2.34. The Kier molecular flexibility index (Phi) is 4.42. The van der Waals surface area contributed by atoms with Gasteiger partial charge in [0.05, 0.1) is 17.9 Å². The Morgan fingerprint density at radius 3 is 2.44 bits per heavy atom. The minimum atomic E-state index is -0.368. The highest BCUT2D eigenvalue weighted by molar-refractivity contribution is 6.37. The lowest BCUT2D eigenvalue weighted by Crippen LogP contribution is -2.10. The van der Waals surface area contributed by atoms with E-state index in [-0.39, 0.29) is 11.8 Å². The molecule has 0 bridgehead atoms. The van der Waals surface area contributed by atoms with E-state index in [1.165, 1.54) is 6.92 Å². The van der Waals surface area contributed by atoms with Crippen molar-refractivity contribution in [3.05, 3.63) is 23.0 Å². The van der Waals surface area contributed by atoms with E-state index in [0.717, 1.165) is 5.69 Å². The van der Waals surface area contributed by atoms with Crippen LogP contribution in [0.15, 0.2) is 11.2 Å². The number of rotatable bonds is 4. The number of carbonyl (C=O) groups excluding carboxylic acids is 2. The second kappa shape index (κ2) is 5.62. The van der Waals surface area contributed by atoms with E-state index >= 15 is 0 Å². The first kappa shape index (κ1) is 14.2. The summed E-state index contributed by atoms with van der Waals surface area (Å²) in [4.78, 5) is 22.9. The molecule has 0 N–H and O–H groups in total. The maximum Gasteiger partial charge on any atom is 0.340 e. The minimum Gasteiger partial charge on any atom is -0.462 e. The van der Waals surface area contributed by atoms with Crippen LogP contribution in [0, 0.1) is 13.8 Å². The normalized spacial score (nSPS) is 11.5. The molecule has 0 unspecified atom stereocenters. The molecule has 1 aromatic heterocycles. The fourth-order valence-corrected chi connectivity index (χ4v) is 1.54. The molecule has 0 amide bonds. The number of carbonyl (C=O) groups is 2. The van der Waals surface area contributed by atoms with Crippen molar-refractivity contribution in [1.82, 2.24) is 4.68 Å². The Hall–Kier alpha value is -1.91. The Labute approximate surface area is 106 Å². The van der Waals surface area contributed by atoms with Crippen molar-refractivity contribution < 1.29 is 14.3 Å². The molecule has 0 aromatic carbocycles. The summed E-state index contributed by atoms with van der Waals surface area (Å²) in [6.07, 6.45) is 0. The number of ether oxygens (including phenoxy) is 1. The average Bonchev–Trinajstić information content (AvgIpc) is 2.57. The van der Waals surface area contributed by atoms with Crippen molar-refractivity contribution in [1.29, 1.82) is 0 Å². The number of esters is 1. The van der Waals surface area contributed by atoms with E-state index in [0.29, 0.717) is 23.6 Å². The Morgan fingerprint density at radius 1 is 1.33 bits per heavy atom. The number of Topliss-reactive ketones (excluding diaryl/α,β-unsaturated/α-hetero) is 1. The zero-order chi connectivity index (χ0) is 13.9. The van der Waals surface area contributed by atoms with Crippen LogP contribution in [0.3, 0.4) is 0 Å². The Balaban J connectivity index is 3.20. The lowest BCUT2D eigenvalue weighted by atomic mass is 10.2. The molecule has 1 rings (SSSR count). The molecule has 0 aliphatic carbocycles. The van der Waals surface area contributed by atoms with Crippen molar-refractivity contribution in [2.24, 2.45) is 5.10 Å². The van der Waals surface area contributed by atoms with Crippen LogP contribution < -0.4 is 0 Å². The first-order valence-electron chi connectivity index (χ1n) is 5.81. The fraction of sp³-hybridized carbons (Fsp3) is 0.462. The van der Waals surface area contributed by atoms with E-state index in [1.807, 2.05) is 6.92 Å². The summed E-state index contributed by atoms with van der Waals surface area (Å²) >= 11 is 0. The van der Waals surface area contributed by atoms with Crippen molar-refractivity contribution in [3.63, 3.8) is 0 Å². The zero-order valence-electron chi connectivity index (χ0n) is 11.4. The number of aromatic nitrogens is 1. The third kappa shape index (κ3) is 2.85. The smallest absolute Gasteiger partial charge is 0.340 e. The first-order valence-corrected chi connectivity index (χ1v) is 5.81. The van der Waals surface area contributed by atoms with E-state index in [4.69, 9.17) is 4.74 Å². The van der Waals surface area contributed by atoms with E-state index < -0.39 is 0 Å². The van der Waals surface area contributed by atoms with Gasteiger partial charge in [-0.2, -0.15) is 5.10 Å². The summed E-state index contributed by atoms with van der Waals surface area (Å²) in [5.74, 6) is -0.465. The van der Waals surface area contributed by atoms with E-state index in [9.17, 15) is 9.59 Å². The van der Waals surface area contributed by atoms with Gasteiger partial charge in [-0.15, -0.1) is 0 Å². The summed E-state index contributed by atoms with van der Waals surface area (Å²) in [7, 11) is 0. The number of hydrogen-bond acceptors (Lipinski definition) is 4. The van der Waals surface area contributed by atoms with Crippen molar-refractivity contribution >= 4 is 17.5 Å². The van der Waals surface area contributed by atoms with Crippen molar-refractivity contribution in [2.75, 3.05) is 6.61 Å². The molecule has 0 atom stereocenters. The zero-order valence-corrected chi connectivity index (χ0v) is 11.4. The van der Waals surface area contributed by atoms with Crippen LogP contribution in [-0.4, -0.2) is 28.7 Å². The maximum atomic E-state index is 11.7. The molecule has 0 spiro atoms. The minimum absolute atomic E-state index is 0.0971. The SMILES string of the molecule is CCOC(=O)c1cc(C)n(/N=C(\C)C(C)=O)c1C. The van der Waals surface area contributed by atoms with Gasteiger partial charge >= 0.3 is 5.97 Å². The predicted octanol–water partition coefficient (Wildman–Crippen LogP) is 2.09.